The van der Waals surface area contributed by atoms with Gasteiger partial charge in [-0.2, -0.15) is 0 Å². The van der Waals surface area contributed by atoms with Gasteiger partial charge in [-0.25, -0.2) is 0 Å². The van der Waals surface area contributed by atoms with Gasteiger partial charge in [0.15, 0.2) is 5.60 Å². The predicted octanol–water partition coefficient (Wildman–Crippen LogP) is 2.93. The lowest BCUT2D eigenvalue weighted by Gasteiger charge is -2.45. The number of carbonyl (C=O) groups is 1. The van der Waals surface area contributed by atoms with Crippen molar-refractivity contribution in [3.05, 3.63) is 30.3 Å². The number of nitrogens with zero attached hydrogens (tertiary/aromatic N) is 2. The molecule has 1 aromatic carbocycles. The van der Waals surface area contributed by atoms with Gasteiger partial charge in [0.1, 0.15) is 0 Å². The summed E-state index contributed by atoms with van der Waals surface area (Å²) in [5.41, 5.74) is 0.941. The molecule has 134 valence electrons. The Morgan fingerprint density at radius 3 is 2.48 bits per heavy atom. The number of rotatable bonds is 2. The topological polar surface area (TPSA) is 32.8 Å². The quantitative estimate of drug-likeness (QED) is 0.830. The van der Waals surface area contributed by atoms with Crippen LogP contribution in [0.5, 0.6) is 0 Å². The first-order valence-corrected chi connectivity index (χ1v) is 9.74. The van der Waals surface area contributed by atoms with Gasteiger partial charge in [-0.3, -0.25) is 4.79 Å². The molecule has 4 fully saturated rings. The zero-order valence-corrected chi connectivity index (χ0v) is 15.3. The molecule has 0 N–H and O–H groups in total. The summed E-state index contributed by atoms with van der Waals surface area (Å²) >= 11 is 0. The molecule has 2 saturated carbocycles. The molecular weight excluding hydrogens is 312 g/mol. The monoisotopic (exact) mass is 340 g/mol. The van der Waals surface area contributed by atoms with Crippen molar-refractivity contribution >= 4 is 11.6 Å². The van der Waals surface area contributed by atoms with Crippen LogP contribution in [0.1, 0.15) is 33.1 Å². The molecule has 0 aromatic heterocycles. The van der Waals surface area contributed by atoms with Crippen molar-refractivity contribution in [2.75, 3.05) is 37.7 Å². The first-order valence-electron chi connectivity index (χ1n) is 9.74. The van der Waals surface area contributed by atoms with E-state index in [0.717, 1.165) is 45.6 Å². The third-order valence-electron chi connectivity index (χ3n) is 8.23. The average molecular weight is 340 g/mol. The summed E-state index contributed by atoms with van der Waals surface area (Å²) in [7, 11) is 0. The predicted molar refractivity (Wildman–Crippen MR) is 97.5 cm³/mol. The summed E-state index contributed by atoms with van der Waals surface area (Å²) in [5, 5.41) is 0. The Morgan fingerprint density at radius 2 is 1.84 bits per heavy atom. The highest BCUT2D eigenvalue weighted by molar-refractivity contribution is 5.88. The minimum Gasteiger partial charge on any atom is -0.368 e. The number of carbonyl (C=O) groups excluding carboxylic acids is 1. The van der Waals surface area contributed by atoms with Gasteiger partial charge in [0.2, 0.25) is 0 Å². The van der Waals surface area contributed by atoms with E-state index in [0.29, 0.717) is 5.92 Å². The second-order valence-corrected chi connectivity index (χ2v) is 8.92. The lowest BCUT2D eigenvalue weighted by Crippen LogP contribution is -2.60. The van der Waals surface area contributed by atoms with Crippen LogP contribution in [0.2, 0.25) is 0 Å². The molecule has 0 spiro atoms. The Bertz CT molecular complexity index is 699. The number of para-hydroxylation sites is 1. The van der Waals surface area contributed by atoms with E-state index in [1.165, 1.54) is 12.1 Å². The standard InChI is InChI=1S/C21H28N2O2/c1-19-15-25-21(14-16(19)8-9-20(19,21)2)18(24)23-12-10-22(11-13-23)17-6-4-3-5-7-17/h3-7,16H,8-15H2,1-2H3. The number of hydrogen-bond donors (Lipinski definition) is 0. The largest absolute Gasteiger partial charge is 0.368 e. The van der Waals surface area contributed by atoms with Gasteiger partial charge in [-0.15, -0.1) is 0 Å². The second kappa shape index (κ2) is 5.00. The smallest absolute Gasteiger partial charge is 0.255 e. The molecule has 2 saturated heterocycles. The van der Waals surface area contributed by atoms with Gasteiger partial charge in [-0.1, -0.05) is 32.0 Å². The van der Waals surface area contributed by atoms with Crippen molar-refractivity contribution in [3.8, 4) is 0 Å². The molecule has 4 heteroatoms. The highest BCUT2D eigenvalue weighted by atomic mass is 16.5. The molecule has 4 atom stereocenters. The molecule has 2 heterocycles. The van der Waals surface area contributed by atoms with E-state index < -0.39 is 5.60 Å². The summed E-state index contributed by atoms with van der Waals surface area (Å²) < 4.78 is 6.30. The molecule has 2 aliphatic carbocycles. The number of hydrogen-bond acceptors (Lipinski definition) is 3. The average Bonchev–Trinajstić information content (AvgIpc) is 3.13. The molecule has 4 bridgehead atoms. The van der Waals surface area contributed by atoms with Crippen LogP contribution in [0.4, 0.5) is 5.69 Å². The minimum atomic E-state index is -0.542. The summed E-state index contributed by atoms with van der Waals surface area (Å²) in [6, 6.07) is 10.5. The summed E-state index contributed by atoms with van der Waals surface area (Å²) in [5.74, 6) is 0.939. The van der Waals surface area contributed by atoms with Crippen molar-refractivity contribution in [2.24, 2.45) is 16.7 Å². The van der Waals surface area contributed by atoms with E-state index in [1.807, 2.05) is 6.07 Å². The van der Waals surface area contributed by atoms with Crippen LogP contribution in [-0.2, 0) is 9.53 Å². The van der Waals surface area contributed by atoms with E-state index >= 15 is 0 Å². The Balaban J connectivity index is 1.34. The maximum Gasteiger partial charge on any atom is 0.255 e. The minimum absolute atomic E-state index is 0.0261. The first-order chi connectivity index (χ1) is 12.0. The molecule has 4 aliphatic rings. The SMILES string of the molecule is CC12COC3(C(=O)N4CCN(c5ccccc5)CC4)CC1CCC32C. The van der Waals surface area contributed by atoms with Crippen LogP contribution in [0.15, 0.2) is 30.3 Å². The van der Waals surface area contributed by atoms with Gasteiger partial charge in [0.25, 0.3) is 5.91 Å². The van der Waals surface area contributed by atoms with E-state index in [-0.39, 0.29) is 16.7 Å². The van der Waals surface area contributed by atoms with Gasteiger partial charge >= 0.3 is 0 Å². The zero-order chi connectivity index (χ0) is 17.3. The van der Waals surface area contributed by atoms with Gasteiger partial charge in [0.05, 0.1) is 6.61 Å². The third-order valence-corrected chi connectivity index (χ3v) is 8.23. The maximum atomic E-state index is 13.5. The summed E-state index contributed by atoms with van der Waals surface area (Å²) in [6.45, 7) is 8.87. The van der Waals surface area contributed by atoms with Crippen molar-refractivity contribution < 1.29 is 9.53 Å². The number of piperazine rings is 1. The van der Waals surface area contributed by atoms with Gasteiger partial charge < -0.3 is 14.5 Å². The summed E-state index contributed by atoms with van der Waals surface area (Å²) in [6.07, 6.45) is 3.36. The van der Waals surface area contributed by atoms with Crippen molar-refractivity contribution in [1.29, 1.82) is 0 Å². The van der Waals surface area contributed by atoms with Crippen LogP contribution in [0.25, 0.3) is 0 Å². The van der Waals surface area contributed by atoms with Crippen LogP contribution in [0.3, 0.4) is 0 Å². The Morgan fingerprint density at radius 1 is 1.12 bits per heavy atom. The molecule has 25 heavy (non-hydrogen) atoms. The van der Waals surface area contributed by atoms with Crippen LogP contribution in [-0.4, -0.2) is 49.2 Å². The van der Waals surface area contributed by atoms with E-state index in [9.17, 15) is 4.79 Å². The fraction of sp³-hybridized carbons (Fsp3) is 0.667. The van der Waals surface area contributed by atoms with Crippen LogP contribution >= 0.6 is 0 Å². The Hall–Kier alpha value is -1.55. The Kier molecular flexibility index (Phi) is 3.14. The normalized spacial score (nSPS) is 42.2. The van der Waals surface area contributed by atoms with Crippen LogP contribution in [0, 0.1) is 16.7 Å². The third kappa shape index (κ3) is 1.79. The fourth-order valence-corrected chi connectivity index (χ4v) is 6.30. The van der Waals surface area contributed by atoms with Crippen molar-refractivity contribution in [2.45, 2.75) is 38.7 Å². The van der Waals surface area contributed by atoms with E-state index in [2.05, 4.69) is 47.9 Å². The number of anilines is 1. The van der Waals surface area contributed by atoms with Crippen LogP contribution < -0.4 is 4.90 Å². The molecule has 4 unspecified atom stereocenters. The molecule has 1 aromatic rings. The highest BCUT2D eigenvalue weighted by Crippen LogP contribution is 2.75. The lowest BCUT2D eigenvalue weighted by molar-refractivity contribution is -0.167. The van der Waals surface area contributed by atoms with Crippen molar-refractivity contribution in [3.63, 3.8) is 0 Å². The lowest BCUT2D eigenvalue weighted by atomic mass is 9.66. The fourth-order valence-electron chi connectivity index (χ4n) is 6.30. The van der Waals surface area contributed by atoms with E-state index in [1.54, 1.807) is 0 Å². The molecule has 2 aliphatic heterocycles. The first kappa shape index (κ1) is 15.7. The second-order valence-electron chi connectivity index (χ2n) is 8.92. The molecule has 5 rings (SSSR count). The Labute approximate surface area is 150 Å². The van der Waals surface area contributed by atoms with Gasteiger partial charge in [-0.05, 0) is 37.3 Å². The van der Waals surface area contributed by atoms with E-state index in [4.69, 9.17) is 4.74 Å². The number of amides is 1. The van der Waals surface area contributed by atoms with Gasteiger partial charge in [0, 0.05) is 42.7 Å². The number of ether oxygens (including phenoxy) is 1. The highest BCUT2D eigenvalue weighted by Gasteiger charge is 2.78. The molecule has 4 nitrogen and oxygen atoms in total. The zero-order valence-electron chi connectivity index (χ0n) is 15.3. The molecule has 0 radical (unpaired) electrons. The maximum absolute atomic E-state index is 13.5. The van der Waals surface area contributed by atoms with Crippen molar-refractivity contribution in [1.82, 2.24) is 4.90 Å². The molecular formula is C21H28N2O2. The molecule has 1 amide bonds. The number of benzene rings is 1. The summed E-state index contributed by atoms with van der Waals surface area (Å²) in [4.78, 5) is 18.0.